The summed E-state index contributed by atoms with van der Waals surface area (Å²) < 4.78 is 7.19. The van der Waals surface area contributed by atoms with Crippen molar-refractivity contribution >= 4 is 22.7 Å². The zero-order chi connectivity index (χ0) is 18.3. The van der Waals surface area contributed by atoms with Gasteiger partial charge in [-0.25, -0.2) is 9.78 Å². The third-order valence-electron chi connectivity index (χ3n) is 5.37. The molecule has 1 aliphatic carbocycles. The summed E-state index contributed by atoms with van der Waals surface area (Å²) in [6.07, 6.45) is 9.11. The summed E-state index contributed by atoms with van der Waals surface area (Å²) in [6, 6.07) is 0.349. The first kappa shape index (κ1) is 17.1. The highest BCUT2D eigenvalue weighted by atomic mass is 16.5. The lowest BCUT2D eigenvalue weighted by molar-refractivity contribution is 0.0524. The number of rotatable bonds is 4. The number of carbonyl (C=O) groups is 1. The van der Waals surface area contributed by atoms with E-state index in [1.165, 1.54) is 19.3 Å². The van der Waals surface area contributed by atoms with Gasteiger partial charge in [-0.1, -0.05) is 0 Å². The maximum atomic E-state index is 12.9. The second kappa shape index (κ2) is 6.74. The number of aromatic nitrogens is 2. The predicted molar refractivity (Wildman–Crippen MR) is 101 cm³/mol. The van der Waals surface area contributed by atoms with Gasteiger partial charge in [0.1, 0.15) is 11.4 Å². The predicted octanol–water partition coefficient (Wildman–Crippen LogP) is 3.21. The molecule has 6 nitrogen and oxygen atoms in total. The van der Waals surface area contributed by atoms with Crippen molar-refractivity contribution in [2.24, 2.45) is 0 Å². The van der Waals surface area contributed by atoms with Gasteiger partial charge in [-0.05, 0) is 46.0 Å². The molecule has 0 bridgehead atoms. The van der Waals surface area contributed by atoms with Crippen molar-refractivity contribution in [3.63, 3.8) is 0 Å². The Morgan fingerprint density at radius 2 is 2.00 bits per heavy atom. The van der Waals surface area contributed by atoms with Crippen molar-refractivity contribution in [1.82, 2.24) is 9.55 Å². The summed E-state index contributed by atoms with van der Waals surface area (Å²) >= 11 is 0. The highest BCUT2D eigenvalue weighted by Gasteiger charge is 2.29. The summed E-state index contributed by atoms with van der Waals surface area (Å²) in [6.45, 7) is 6.06. The van der Waals surface area contributed by atoms with Gasteiger partial charge in [-0.2, -0.15) is 0 Å². The van der Waals surface area contributed by atoms with Crippen LogP contribution in [0.4, 0.5) is 5.82 Å². The number of piperidine rings is 1. The Morgan fingerprint density at radius 3 is 2.65 bits per heavy atom. The highest BCUT2D eigenvalue weighted by molar-refractivity contribution is 5.95. The molecule has 6 heteroatoms. The minimum Gasteiger partial charge on any atom is -0.462 e. The molecule has 3 heterocycles. The van der Waals surface area contributed by atoms with E-state index in [0.717, 1.165) is 42.8 Å². The molecular formula is C20H25N3O3. The molecule has 2 fully saturated rings. The first-order valence-corrected chi connectivity index (χ1v) is 9.58. The fraction of sp³-hybridized carbons (Fsp3) is 0.550. The van der Waals surface area contributed by atoms with Crippen molar-refractivity contribution in [2.45, 2.75) is 52.0 Å². The monoisotopic (exact) mass is 355 g/mol. The number of aryl methyl sites for hydroxylation is 1. The van der Waals surface area contributed by atoms with Crippen LogP contribution in [-0.4, -0.2) is 35.2 Å². The molecule has 2 aromatic heterocycles. The smallest absolute Gasteiger partial charge is 0.343 e. The molecule has 0 spiro atoms. The zero-order valence-corrected chi connectivity index (χ0v) is 15.5. The average Bonchev–Trinajstić information content (AvgIpc) is 3.48. The molecule has 1 saturated carbocycles. The molecule has 0 amide bonds. The van der Waals surface area contributed by atoms with E-state index in [2.05, 4.69) is 14.5 Å². The first-order chi connectivity index (χ1) is 12.6. The number of esters is 1. The van der Waals surface area contributed by atoms with Crippen LogP contribution in [-0.2, 0) is 4.74 Å². The summed E-state index contributed by atoms with van der Waals surface area (Å²) in [4.78, 5) is 32.1. The van der Waals surface area contributed by atoms with Crippen LogP contribution < -0.4 is 10.3 Å². The van der Waals surface area contributed by atoms with E-state index in [4.69, 9.17) is 4.74 Å². The van der Waals surface area contributed by atoms with Crippen LogP contribution in [0, 0.1) is 6.92 Å². The Balaban J connectivity index is 1.91. The van der Waals surface area contributed by atoms with Gasteiger partial charge >= 0.3 is 5.97 Å². The largest absolute Gasteiger partial charge is 0.462 e. The van der Waals surface area contributed by atoms with Gasteiger partial charge < -0.3 is 14.2 Å². The summed E-state index contributed by atoms with van der Waals surface area (Å²) in [5, 5.41) is 0.515. The minimum absolute atomic E-state index is 0.109. The van der Waals surface area contributed by atoms with Crippen molar-refractivity contribution in [2.75, 3.05) is 24.6 Å². The molecule has 0 atom stereocenters. The molecule has 0 radical (unpaired) electrons. The van der Waals surface area contributed by atoms with Crippen LogP contribution in [0.2, 0.25) is 0 Å². The van der Waals surface area contributed by atoms with Gasteiger partial charge in [-0.15, -0.1) is 0 Å². The Labute approximate surface area is 152 Å². The molecule has 4 rings (SSSR count). The molecule has 0 N–H and O–H groups in total. The Morgan fingerprint density at radius 1 is 1.27 bits per heavy atom. The molecule has 2 aliphatic rings. The van der Waals surface area contributed by atoms with E-state index in [9.17, 15) is 9.59 Å². The van der Waals surface area contributed by atoms with Crippen LogP contribution in [0.1, 0.15) is 61.0 Å². The third-order valence-corrected chi connectivity index (χ3v) is 5.37. The van der Waals surface area contributed by atoms with E-state index >= 15 is 0 Å². The first-order valence-electron chi connectivity index (χ1n) is 9.58. The van der Waals surface area contributed by atoms with Crippen LogP contribution in [0.3, 0.4) is 0 Å². The van der Waals surface area contributed by atoms with Crippen LogP contribution in [0.5, 0.6) is 0 Å². The summed E-state index contributed by atoms with van der Waals surface area (Å²) in [7, 11) is 0. The van der Waals surface area contributed by atoms with Crippen molar-refractivity contribution in [3.05, 3.63) is 33.7 Å². The maximum absolute atomic E-state index is 12.9. The van der Waals surface area contributed by atoms with Crippen LogP contribution in [0.15, 0.2) is 17.2 Å². The molecule has 0 aromatic carbocycles. The quantitative estimate of drug-likeness (QED) is 0.788. The molecule has 1 saturated heterocycles. The second-order valence-corrected chi connectivity index (χ2v) is 7.25. The average molecular weight is 355 g/mol. The van der Waals surface area contributed by atoms with Gasteiger partial charge in [0, 0.05) is 37.1 Å². The molecule has 1 aliphatic heterocycles. The number of nitrogens with zero attached hydrogens (tertiary/aromatic N) is 3. The van der Waals surface area contributed by atoms with Gasteiger partial charge in [0.2, 0.25) is 5.43 Å². The standard InChI is InChI=1S/C20H25N3O3/c1-3-26-20(25)16-12-23(14-7-8-14)17-13(2)19(21-11-15(17)18(16)24)22-9-5-4-6-10-22/h11-12,14H,3-10H2,1-2H3. The Kier molecular flexibility index (Phi) is 4.42. The van der Waals surface area contributed by atoms with E-state index in [-0.39, 0.29) is 17.6 Å². The normalized spacial score (nSPS) is 17.5. The molecule has 138 valence electrons. The lowest BCUT2D eigenvalue weighted by atomic mass is 10.1. The number of hydrogen-bond acceptors (Lipinski definition) is 5. The number of carbonyl (C=O) groups excluding carboxylic acids is 1. The molecule has 2 aromatic rings. The fourth-order valence-electron chi connectivity index (χ4n) is 3.92. The number of anilines is 1. The van der Waals surface area contributed by atoms with Crippen LogP contribution in [0.25, 0.3) is 10.9 Å². The number of hydrogen-bond donors (Lipinski definition) is 0. The topological polar surface area (TPSA) is 64.4 Å². The summed E-state index contributed by atoms with van der Waals surface area (Å²) in [5.41, 5.74) is 1.78. The second-order valence-electron chi connectivity index (χ2n) is 7.25. The molecular weight excluding hydrogens is 330 g/mol. The van der Waals surface area contributed by atoms with Crippen molar-refractivity contribution in [1.29, 1.82) is 0 Å². The molecule has 26 heavy (non-hydrogen) atoms. The van der Waals surface area contributed by atoms with E-state index in [1.807, 2.05) is 6.92 Å². The summed E-state index contributed by atoms with van der Waals surface area (Å²) in [5.74, 6) is 0.418. The zero-order valence-electron chi connectivity index (χ0n) is 15.5. The van der Waals surface area contributed by atoms with Gasteiger partial charge in [0.25, 0.3) is 0 Å². The van der Waals surface area contributed by atoms with E-state index in [0.29, 0.717) is 11.4 Å². The van der Waals surface area contributed by atoms with Crippen molar-refractivity contribution in [3.8, 4) is 0 Å². The lowest BCUT2D eigenvalue weighted by Crippen LogP contribution is -2.31. The van der Waals surface area contributed by atoms with Gasteiger partial charge in [-0.3, -0.25) is 4.79 Å². The fourth-order valence-corrected chi connectivity index (χ4v) is 3.92. The van der Waals surface area contributed by atoms with Gasteiger partial charge in [0.05, 0.1) is 17.5 Å². The Hall–Kier alpha value is -2.37. The maximum Gasteiger partial charge on any atom is 0.343 e. The number of ether oxygens (including phenoxy) is 1. The third kappa shape index (κ3) is 2.87. The van der Waals surface area contributed by atoms with E-state index in [1.54, 1.807) is 19.3 Å². The highest BCUT2D eigenvalue weighted by Crippen LogP contribution is 2.38. The van der Waals surface area contributed by atoms with Crippen molar-refractivity contribution < 1.29 is 9.53 Å². The number of pyridine rings is 2. The van der Waals surface area contributed by atoms with Gasteiger partial charge in [0.15, 0.2) is 0 Å². The Bertz CT molecular complexity index is 909. The molecule has 0 unspecified atom stereocenters. The van der Waals surface area contributed by atoms with E-state index < -0.39 is 5.97 Å². The lowest BCUT2D eigenvalue weighted by Gasteiger charge is -2.29. The van der Waals surface area contributed by atoms with Crippen LogP contribution >= 0.6 is 0 Å². The number of fused-ring (bicyclic) bond motifs is 1. The SMILES string of the molecule is CCOC(=O)c1cn(C2CC2)c2c(C)c(N3CCCCC3)ncc2c1=O. The minimum atomic E-state index is -0.549.